The van der Waals surface area contributed by atoms with Gasteiger partial charge in [-0.1, -0.05) is 23.7 Å². The van der Waals surface area contributed by atoms with Crippen LogP contribution in [0.25, 0.3) is 0 Å². The summed E-state index contributed by atoms with van der Waals surface area (Å²) in [6.45, 7) is 0.659. The van der Waals surface area contributed by atoms with Crippen molar-refractivity contribution in [3.8, 4) is 6.07 Å². The molecule has 4 heteroatoms. The Balaban J connectivity index is 2.22. The minimum atomic E-state index is 0.571. The van der Waals surface area contributed by atoms with Crippen LogP contribution in [-0.2, 0) is 6.54 Å². The van der Waals surface area contributed by atoms with Gasteiger partial charge in [0.15, 0.2) is 0 Å². The van der Waals surface area contributed by atoms with Crippen LogP contribution >= 0.6 is 11.6 Å². The molecule has 1 aromatic carbocycles. The molecule has 0 bridgehead atoms. The van der Waals surface area contributed by atoms with Crippen LogP contribution in [0.1, 0.15) is 11.1 Å². The number of hydrogen-bond donors (Lipinski definition) is 0. The Bertz CT molecular complexity index is 590. The van der Waals surface area contributed by atoms with Gasteiger partial charge in [0.1, 0.15) is 11.9 Å². The van der Waals surface area contributed by atoms with E-state index in [0.29, 0.717) is 22.9 Å². The second-order valence-electron chi connectivity index (χ2n) is 3.97. The molecule has 3 nitrogen and oxygen atoms in total. The summed E-state index contributed by atoms with van der Waals surface area (Å²) in [7, 11) is 1.91. The number of rotatable bonds is 3. The van der Waals surface area contributed by atoms with E-state index in [1.165, 1.54) is 0 Å². The van der Waals surface area contributed by atoms with E-state index in [1.54, 1.807) is 18.3 Å². The fourth-order valence-electron chi connectivity index (χ4n) is 1.77. The number of benzene rings is 1. The van der Waals surface area contributed by atoms with Crippen molar-refractivity contribution in [2.75, 3.05) is 11.9 Å². The van der Waals surface area contributed by atoms with Crippen molar-refractivity contribution in [2.45, 2.75) is 6.54 Å². The van der Waals surface area contributed by atoms with Gasteiger partial charge in [-0.15, -0.1) is 0 Å². The third kappa shape index (κ3) is 2.79. The Morgan fingerprint density at radius 1 is 1.33 bits per heavy atom. The van der Waals surface area contributed by atoms with Crippen LogP contribution in [0.5, 0.6) is 0 Å². The van der Waals surface area contributed by atoms with Gasteiger partial charge in [-0.2, -0.15) is 5.26 Å². The zero-order valence-corrected chi connectivity index (χ0v) is 10.7. The van der Waals surface area contributed by atoms with Crippen molar-refractivity contribution >= 4 is 17.4 Å². The van der Waals surface area contributed by atoms with Crippen molar-refractivity contribution in [3.05, 3.63) is 58.7 Å². The maximum absolute atomic E-state index is 9.04. The first-order valence-electron chi connectivity index (χ1n) is 5.51. The molecule has 2 aromatic rings. The molecule has 0 saturated heterocycles. The van der Waals surface area contributed by atoms with Crippen molar-refractivity contribution < 1.29 is 0 Å². The van der Waals surface area contributed by atoms with Crippen molar-refractivity contribution in [3.63, 3.8) is 0 Å². The molecule has 0 saturated carbocycles. The van der Waals surface area contributed by atoms with E-state index in [0.717, 1.165) is 5.56 Å². The maximum atomic E-state index is 9.04. The number of anilines is 1. The zero-order chi connectivity index (χ0) is 13.0. The van der Waals surface area contributed by atoms with Gasteiger partial charge >= 0.3 is 0 Å². The Morgan fingerprint density at radius 3 is 2.89 bits per heavy atom. The van der Waals surface area contributed by atoms with Crippen LogP contribution in [0.15, 0.2) is 42.6 Å². The smallest absolute Gasteiger partial charge is 0.146 e. The number of hydrogen-bond acceptors (Lipinski definition) is 3. The third-order valence-electron chi connectivity index (χ3n) is 2.58. The van der Waals surface area contributed by atoms with Crippen LogP contribution in [0.2, 0.25) is 5.02 Å². The molecule has 90 valence electrons. The van der Waals surface area contributed by atoms with Gasteiger partial charge in [-0.3, -0.25) is 0 Å². The number of pyridine rings is 1. The van der Waals surface area contributed by atoms with Gasteiger partial charge < -0.3 is 4.90 Å². The quantitative estimate of drug-likeness (QED) is 0.847. The van der Waals surface area contributed by atoms with Gasteiger partial charge in [0.05, 0.1) is 5.56 Å². The molecule has 0 aliphatic rings. The summed E-state index contributed by atoms with van der Waals surface area (Å²) >= 11 is 5.95. The lowest BCUT2D eigenvalue weighted by atomic mass is 10.2. The average molecular weight is 258 g/mol. The molecule has 0 atom stereocenters. The summed E-state index contributed by atoms with van der Waals surface area (Å²) in [5.41, 5.74) is 1.65. The largest absolute Gasteiger partial charge is 0.354 e. The summed E-state index contributed by atoms with van der Waals surface area (Å²) in [6.07, 6.45) is 1.69. The van der Waals surface area contributed by atoms with Gasteiger partial charge in [-0.25, -0.2) is 4.98 Å². The van der Waals surface area contributed by atoms with E-state index in [1.807, 2.05) is 36.2 Å². The molecule has 1 heterocycles. The first-order valence-corrected chi connectivity index (χ1v) is 5.89. The summed E-state index contributed by atoms with van der Waals surface area (Å²) < 4.78 is 0. The van der Waals surface area contributed by atoms with Crippen LogP contribution in [0.3, 0.4) is 0 Å². The first-order chi connectivity index (χ1) is 8.70. The highest BCUT2D eigenvalue weighted by atomic mass is 35.5. The van der Waals surface area contributed by atoms with E-state index in [-0.39, 0.29) is 0 Å². The van der Waals surface area contributed by atoms with Crippen LogP contribution in [0, 0.1) is 11.3 Å². The van der Waals surface area contributed by atoms with Gasteiger partial charge in [0, 0.05) is 24.8 Å². The maximum Gasteiger partial charge on any atom is 0.146 e. The Labute approximate surface area is 111 Å². The minimum absolute atomic E-state index is 0.571. The summed E-state index contributed by atoms with van der Waals surface area (Å²) in [5, 5.41) is 9.75. The van der Waals surface area contributed by atoms with Crippen molar-refractivity contribution in [1.29, 1.82) is 5.26 Å². The molecule has 2 rings (SSSR count). The number of nitrogens with zero attached hydrogens (tertiary/aromatic N) is 3. The van der Waals surface area contributed by atoms with E-state index in [4.69, 9.17) is 16.9 Å². The molecule has 0 fully saturated rings. The number of nitriles is 1. The molecule has 18 heavy (non-hydrogen) atoms. The number of halogens is 1. The fourth-order valence-corrected chi connectivity index (χ4v) is 1.99. The molecular weight excluding hydrogens is 246 g/mol. The summed E-state index contributed by atoms with van der Waals surface area (Å²) in [6, 6.07) is 13.3. The molecule has 0 spiro atoms. The van der Waals surface area contributed by atoms with Crippen LogP contribution < -0.4 is 4.90 Å². The van der Waals surface area contributed by atoms with E-state index in [9.17, 15) is 0 Å². The van der Waals surface area contributed by atoms with Gasteiger partial charge in [0.2, 0.25) is 0 Å². The van der Waals surface area contributed by atoms with E-state index in [2.05, 4.69) is 11.1 Å². The molecule has 0 radical (unpaired) electrons. The van der Waals surface area contributed by atoms with Crippen molar-refractivity contribution in [2.24, 2.45) is 0 Å². The Hall–Kier alpha value is -2.05. The fraction of sp³-hybridized carbons (Fsp3) is 0.143. The molecule has 0 unspecified atom stereocenters. The average Bonchev–Trinajstić information content (AvgIpc) is 2.38. The predicted molar refractivity (Wildman–Crippen MR) is 72.5 cm³/mol. The normalized spacial score (nSPS) is 9.83. The molecular formula is C14H12ClN3. The van der Waals surface area contributed by atoms with Crippen LogP contribution in [0.4, 0.5) is 5.82 Å². The highest BCUT2D eigenvalue weighted by Gasteiger charge is 2.08. The summed E-state index contributed by atoms with van der Waals surface area (Å²) in [4.78, 5) is 6.17. The minimum Gasteiger partial charge on any atom is -0.354 e. The molecule has 0 aliphatic heterocycles. The third-order valence-corrected chi connectivity index (χ3v) is 2.81. The predicted octanol–water partition coefficient (Wildman–Crippen LogP) is 3.24. The zero-order valence-electron chi connectivity index (χ0n) is 9.97. The second-order valence-corrected chi connectivity index (χ2v) is 4.41. The lowest BCUT2D eigenvalue weighted by molar-refractivity contribution is 0.895. The second kappa shape index (κ2) is 5.52. The lowest BCUT2D eigenvalue weighted by Crippen LogP contribution is -2.18. The Morgan fingerprint density at radius 2 is 2.17 bits per heavy atom. The molecule has 0 aliphatic carbocycles. The van der Waals surface area contributed by atoms with Crippen molar-refractivity contribution in [1.82, 2.24) is 4.98 Å². The first kappa shape index (κ1) is 12.4. The molecule has 0 amide bonds. The van der Waals surface area contributed by atoms with Gasteiger partial charge in [-0.05, 0) is 29.8 Å². The highest BCUT2D eigenvalue weighted by Crippen LogP contribution is 2.18. The monoisotopic (exact) mass is 257 g/mol. The number of aromatic nitrogens is 1. The molecule has 0 N–H and O–H groups in total. The SMILES string of the molecule is CN(Cc1cccc(Cl)c1)c1ncccc1C#N. The topological polar surface area (TPSA) is 39.9 Å². The lowest BCUT2D eigenvalue weighted by Gasteiger charge is -2.19. The standard InChI is InChI=1S/C14H12ClN3/c1-18(10-11-4-2-6-13(15)8-11)14-12(9-16)5-3-7-17-14/h2-8H,10H2,1H3. The Kier molecular flexibility index (Phi) is 3.81. The molecule has 1 aromatic heterocycles. The highest BCUT2D eigenvalue weighted by molar-refractivity contribution is 6.30. The van der Waals surface area contributed by atoms with Gasteiger partial charge in [0.25, 0.3) is 0 Å². The summed E-state index contributed by atoms with van der Waals surface area (Å²) in [5.74, 6) is 0.681. The van der Waals surface area contributed by atoms with E-state index < -0.39 is 0 Å². The van der Waals surface area contributed by atoms with E-state index >= 15 is 0 Å². The van der Waals surface area contributed by atoms with Crippen LogP contribution in [-0.4, -0.2) is 12.0 Å².